The van der Waals surface area contributed by atoms with Gasteiger partial charge >= 0.3 is 0 Å². The van der Waals surface area contributed by atoms with E-state index >= 15 is 0 Å². The Morgan fingerprint density at radius 2 is 1.92 bits per heavy atom. The Balaban J connectivity index is 2.26. The number of ketones is 1. The number of quaternary nitrogens is 1. The van der Waals surface area contributed by atoms with Crippen LogP contribution in [0.5, 0.6) is 0 Å². The standard InChI is InChI=1S/C10H16NO/c1-11(2)6-5-9-8(7-11)3-4-10(9)12/h3-7H2,1-2H3/q+1. The average molecular weight is 166 g/mol. The van der Waals surface area contributed by atoms with E-state index in [0.29, 0.717) is 5.78 Å². The minimum absolute atomic E-state index is 0.421. The van der Waals surface area contributed by atoms with Crippen molar-refractivity contribution in [2.24, 2.45) is 0 Å². The lowest BCUT2D eigenvalue weighted by Gasteiger charge is -2.34. The van der Waals surface area contributed by atoms with Crippen molar-refractivity contribution in [2.45, 2.75) is 19.3 Å². The summed E-state index contributed by atoms with van der Waals surface area (Å²) in [5.74, 6) is 0.421. The van der Waals surface area contributed by atoms with Crippen molar-refractivity contribution in [3.63, 3.8) is 0 Å². The monoisotopic (exact) mass is 166 g/mol. The summed E-state index contributed by atoms with van der Waals surface area (Å²) in [5, 5.41) is 0. The molecule has 66 valence electrons. The van der Waals surface area contributed by atoms with E-state index in [-0.39, 0.29) is 0 Å². The summed E-state index contributed by atoms with van der Waals surface area (Å²) in [4.78, 5) is 11.4. The average Bonchev–Trinajstić information content (AvgIpc) is 2.30. The molecule has 0 aromatic heterocycles. The van der Waals surface area contributed by atoms with Gasteiger partial charge in [-0.2, -0.15) is 0 Å². The van der Waals surface area contributed by atoms with Crippen LogP contribution in [0.25, 0.3) is 0 Å². The van der Waals surface area contributed by atoms with Gasteiger partial charge in [0.1, 0.15) is 6.54 Å². The maximum Gasteiger partial charge on any atom is 0.159 e. The quantitative estimate of drug-likeness (QED) is 0.493. The Kier molecular flexibility index (Phi) is 1.62. The number of carbonyl (C=O) groups is 1. The molecule has 12 heavy (non-hydrogen) atoms. The van der Waals surface area contributed by atoms with E-state index < -0.39 is 0 Å². The lowest BCUT2D eigenvalue weighted by molar-refractivity contribution is -0.887. The molecule has 0 bridgehead atoms. The highest BCUT2D eigenvalue weighted by Gasteiger charge is 2.32. The van der Waals surface area contributed by atoms with Crippen molar-refractivity contribution < 1.29 is 9.28 Å². The van der Waals surface area contributed by atoms with E-state index in [1.165, 1.54) is 11.1 Å². The highest BCUT2D eigenvalue weighted by atomic mass is 16.1. The molecule has 1 heterocycles. The molecule has 0 saturated carbocycles. The fourth-order valence-electron chi connectivity index (χ4n) is 2.26. The highest BCUT2D eigenvalue weighted by Crippen LogP contribution is 2.31. The molecule has 0 aromatic carbocycles. The largest absolute Gasteiger partial charge is 0.325 e. The fraction of sp³-hybridized carbons (Fsp3) is 0.700. The normalized spacial score (nSPS) is 27.7. The van der Waals surface area contributed by atoms with Crippen molar-refractivity contribution in [2.75, 3.05) is 27.2 Å². The topological polar surface area (TPSA) is 17.1 Å². The SMILES string of the molecule is C[N+]1(C)CCC2=C(CCC2=O)C1. The number of rotatable bonds is 0. The van der Waals surface area contributed by atoms with Crippen LogP contribution in [0.4, 0.5) is 0 Å². The summed E-state index contributed by atoms with van der Waals surface area (Å²) in [6.07, 6.45) is 2.84. The number of likely N-dealkylation sites (N-methyl/N-ethyl adjacent to an activating group) is 1. The predicted molar refractivity (Wildman–Crippen MR) is 47.7 cm³/mol. The predicted octanol–water partition coefficient (Wildman–Crippen LogP) is 1.13. The molecular weight excluding hydrogens is 150 g/mol. The lowest BCUT2D eigenvalue weighted by Crippen LogP contribution is -2.44. The van der Waals surface area contributed by atoms with Crippen LogP contribution in [-0.4, -0.2) is 37.5 Å². The van der Waals surface area contributed by atoms with Gasteiger partial charge < -0.3 is 4.48 Å². The minimum atomic E-state index is 0.421. The van der Waals surface area contributed by atoms with E-state index in [9.17, 15) is 4.79 Å². The van der Waals surface area contributed by atoms with E-state index in [2.05, 4.69) is 14.1 Å². The Hall–Kier alpha value is -0.630. The highest BCUT2D eigenvalue weighted by molar-refractivity contribution is 5.98. The molecule has 0 spiro atoms. The van der Waals surface area contributed by atoms with Gasteiger partial charge in [-0.15, -0.1) is 0 Å². The van der Waals surface area contributed by atoms with Gasteiger partial charge in [-0.25, -0.2) is 0 Å². The van der Waals surface area contributed by atoms with E-state index in [0.717, 1.165) is 36.8 Å². The first kappa shape index (κ1) is 7.99. The third kappa shape index (κ3) is 1.20. The summed E-state index contributed by atoms with van der Waals surface area (Å²) < 4.78 is 1.06. The van der Waals surface area contributed by atoms with Gasteiger partial charge in [0.05, 0.1) is 20.6 Å². The number of carbonyl (C=O) groups excluding carboxylic acids is 1. The van der Waals surface area contributed by atoms with Crippen molar-refractivity contribution in [3.05, 3.63) is 11.1 Å². The Morgan fingerprint density at radius 3 is 2.67 bits per heavy atom. The van der Waals surface area contributed by atoms with Crippen LogP contribution < -0.4 is 0 Å². The van der Waals surface area contributed by atoms with Gasteiger partial charge in [-0.1, -0.05) is 0 Å². The summed E-state index contributed by atoms with van der Waals surface area (Å²) >= 11 is 0. The van der Waals surface area contributed by atoms with E-state index in [4.69, 9.17) is 0 Å². The third-order valence-corrected chi connectivity index (χ3v) is 3.00. The molecule has 0 amide bonds. The molecule has 2 heteroatoms. The van der Waals surface area contributed by atoms with Crippen molar-refractivity contribution in [3.8, 4) is 0 Å². The minimum Gasteiger partial charge on any atom is -0.325 e. The summed E-state index contributed by atoms with van der Waals surface area (Å²) in [6.45, 7) is 2.23. The first-order chi connectivity index (χ1) is 5.58. The van der Waals surface area contributed by atoms with Gasteiger partial charge in [0, 0.05) is 18.4 Å². The zero-order chi connectivity index (χ0) is 8.77. The summed E-state index contributed by atoms with van der Waals surface area (Å²) in [5.41, 5.74) is 2.61. The number of Topliss-reactive ketones (excluding diaryl/α,β-unsaturated/α-hetero) is 1. The second-order valence-electron chi connectivity index (χ2n) is 4.57. The van der Waals surface area contributed by atoms with Crippen LogP contribution in [0.15, 0.2) is 11.1 Å². The second kappa shape index (κ2) is 2.43. The molecule has 0 N–H and O–H groups in total. The third-order valence-electron chi connectivity index (χ3n) is 3.00. The number of hydrogen-bond acceptors (Lipinski definition) is 1. The molecule has 0 fully saturated rings. The first-order valence-electron chi connectivity index (χ1n) is 4.65. The molecule has 1 aliphatic carbocycles. The number of hydrogen-bond donors (Lipinski definition) is 0. The van der Waals surface area contributed by atoms with Gasteiger partial charge in [-0.05, 0) is 12.0 Å². The van der Waals surface area contributed by atoms with Crippen LogP contribution in [0.3, 0.4) is 0 Å². The first-order valence-corrected chi connectivity index (χ1v) is 4.65. The second-order valence-corrected chi connectivity index (χ2v) is 4.57. The molecule has 2 aliphatic rings. The Labute approximate surface area is 73.5 Å². The van der Waals surface area contributed by atoms with Crippen LogP contribution in [0.2, 0.25) is 0 Å². The van der Waals surface area contributed by atoms with Crippen LogP contribution in [0.1, 0.15) is 19.3 Å². The zero-order valence-electron chi connectivity index (χ0n) is 7.89. The molecule has 0 atom stereocenters. The zero-order valence-corrected chi connectivity index (χ0v) is 7.89. The fourth-order valence-corrected chi connectivity index (χ4v) is 2.26. The van der Waals surface area contributed by atoms with E-state index in [1.807, 2.05) is 0 Å². The molecule has 2 rings (SSSR count). The van der Waals surface area contributed by atoms with Crippen LogP contribution >= 0.6 is 0 Å². The van der Waals surface area contributed by atoms with Crippen molar-refractivity contribution >= 4 is 5.78 Å². The molecular formula is C10H16NO+. The van der Waals surface area contributed by atoms with Crippen LogP contribution in [-0.2, 0) is 4.79 Å². The molecule has 2 nitrogen and oxygen atoms in total. The maximum atomic E-state index is 11.4. The van der Waals surface area contributed by atoms with Crippen molar-refractivity contribution in [1.29, 1.82) is 0 Å². The van der Waals surface area contributed by atoms with Gasteiger partial charge in [0.2, 0.25) is 0 Å². The Bertz CT molecular complexity index is 263. The lowest BCUT2D eigenvalue weighted by atomic mass is 10.0. The molecule has 0 aromatic rings. The Morgan fingerprint density at radius 1 is 1.17 bits per heavy atom. The van der Waals surface area contributed by atoms with Gasteiger partial charge in [-0.3, -0.25) is 4.79 Å². The molecule has 1 aliphatic heterocycles. The number of nitrogens with zero attached hydrogens (tertiary/aromatic N) is 1. The molecule has 0 saturated heterocycles. The smallest absolute Gasteiger partial charge is 0.159 e. The summed E-state index contributed by atoms with van der Waals surface area (Å²) in [7, 11) is 4.49. The van der Waals surface area contributed by atoms with Crippen molar-refractivity contribution in [1.82, 2.24) is 0 Å². The molecule has 0 radical (unpaired) electrons. The van der Waals surface area contributed by atoms with Gasteiger partial charge in [0.15, 0.2) is 5.78 Å². The van der Waals surface area contributed by atoms with E-state index in [1.54, 1.807) is 0 Å². The van der Waals surface area contributed by atoms with Gasteiger partial charge in [0.25, 0.3) is 0 Å². The summed E-state index contributed by atoms with van der Waals surface area (Å²) in [6, 6.07) is 0. The van der Waals surface area contributed by atoms with Crippen LogP contribution in [0, 0.1) is 0 Å². The maximum absolute atomic E-state index is 11.4. The molecule has 0 unspecified atom stereocenters.